The highest BCUT2D eigenvalue weighted by Crippen LogP contribution is 2.17. The Balaban J connectivity index is 1.56. The van der Waals surface area contributed by atoms with Gasteiger partial charge in [-0.2, -0.15) is 0 Å². The molecule has 132 valence electrons. The van der Waals surface area contributed by atoms with Crippen LogP contribution in [0.3, 0.4) is 0 Å². The summed E-state index contributed by atoms with van der Waals surface area (Å²) in [6.07, 6.45) is 0.853. The third kappa shape index (κ3) is 4.12. The molecule has 0 saturated carbocycles. The van der Waals surface area contributed by atoms with Crippen molar-refractivity contribution in [2.75, 3.05) is 46.0 Å². The molecule has 8 nitrogen and oxygen atoms in total. The zero-order valence-electron chi connectivity index (χ0n) is 14.0. The van der Waals surface area contributed by atoms with Crippen molar-refractivity contribution < 1.29 is 19.1 Å². The zero-order valence-corrected chi connectivity index (χ0v) is 14.0. The predicted octanol–water partition coefficient (Wildman–Crippen LogP) is -0.268. The number of imidazole rings is 1. The Hall–Kier alpha value is -1.93. The van der Waals surface area contributed by atoms with E-state index < -0.39 is 0 Å². The van der Waals surface area contributed by atoms with E-state index >= 15 is 0 Å². The SMILES string of the molecule is CCOC(=O)Cc1nc2c([nH]1)CN(C(=O)CN1CCOCC1)CC2. The summed E-state index contributed by atoms with van der Waals surface area (Å²) in [5, 5.41) is 0. The molecule has 8 heteroatoms. The lowest BCUT2D eigenvalue weighted by atomic mass is 10.1. The van der Waals surface area contributed by atoms with Crippen molar-refractivity contribution in [1.82, 2.24) is 19.8 Å². The molecular formula is C16H24N4O4. The van der Waals surface area contributed by atoms with Gasteiger partial charge in [0.05, 0.1) is 44.3 Å². The number of aromatic nitrogens is 2. The fourth-order valence-corrected chi connectivity index (χ4v) is 3.05. The minimum Gasteiger partial charge on any atom is -0.466 e. The Bertz CT molecular complexity index is 595. The van der Waals surface area contributed by atoms with Crippen molar-refractivity contribution in [1.29, 1.82) is 0 Å². The number of ether oxygens (including phenoxy) is 2. The molecule has 1 N–H and O–H groups in total. The molecule has 1 aromatic heterocycles. The maximum Gasteiger partial charge on any atom is 0.313 e. The van der Waals surface area contributed by atoms with Crippen molar-refractivity contribution in [3.8, 4) is 0 Å². The monoisotopic (exact) mass is 336 g/mol. The molecule has 0 bridgehead atoms. The summed E-state index contributed by atoms with van der Waals surface area (Å²) in [7, 11) is 0. The van der Waals surface area contributed by atoms with E-state index in [2.05, 4.69) is 14.9 Å². The first-order valence-electron chi connectivity index (χ1n) is 8.46. The van der Waals surface area contributed by atoms with Crippen LogP contribution in [0.2, 0.25) is 0 Å². The van der Waals surface area contributed by atoms with Crippen molar-refractivity contribution in [2.24, 2.45) is 0 Å². The Morgan fingerprint density at radius 1 is 1.29 bits per heavy atom. The number of carbonyl (C=O) groups excluding carboxylic acids is 2. The quantitative estimate of drug-likeness (QED) is 0.745. The molecule has 1 amide bonds. The number of carbonyl (C=O) groups is 2. The second-order valence-electron chi connectivity index (χ2n) is 6.04. The molecular weight excluding hydrogens is 312 g/mol. The summed E-state index contributed by atoms with van der Waals surface area (Å²) in [4.78, 5) is 35.6. The van der Waals surface area contributed by atoms with Crippen molar-refractivity contribution in [3.63, 3.8) is 0 Å². The Morgan fingerprint density at radius 2 is 2.08 bits per heavy atom. The fourth-order valence-electron chi connectivity index (χ4n) is 3.05. The van der Waals surface area contributed by atoms with Gasteiger partial charge in [-0.3, -0.25) is 14.5 Å². The molecule has 1 saturated heterocycles. The highest BCUT2D eigenvalue weighted by Gasteiger charge is 2.25. The van der Waals surface area contributed by atoms with E-state index in [-0.39, 0.29) is 18.3 Å². The largest absolute Gasteiger partial charge is 0.466 e. The lowest BCUT2D eigenvalue weighted by Gasteiger charge is -2.31. The number of morpholine rings is 1. The summed E-state index contributed by atoms with van der Waals surface area (Å²) < 4.78 is 10.2. The molecule has 3 rings (SSSR count). The Labute approximate surface area is 141 Å². The number of aromatic amines is 1. The van der Waals surface area contributed by atoms with Gasteiger partial charge in [-0.15, -0.1) is 0 Å². The topological polar surface area (TPSA) is 87.8 Å². The summed E-state index contributed by atoms with van der Waals surface area (Å²) >= 11 is 0. The van der Waals surface area contributed by atoms with Crippen molar-refractivity contribution in [2.45, 2.75) is 26.3 Å². The highest BCUT2D eigenvalue weighted by molar-refractivity contribution is 5.78. The molecule has 24 heavy (non-hydrogen) atoms. The fraction of sp³-hybridized carbons (Fsp3) is 0.688. The van der Waals surface area contributed by atoms with E-state index in [1.54, 1.807) is 6.92 Å². The number of rotatable bonds is 5. The van der Waals surface area contributed by atoms with Gasteiger partial charge in [0.25, 0.3) is 0 Å². The number of nitrogens with one attached hydrogen (secondary N) is 1. The van der Waals surface area contributed by atoms with Crippen LogP contribution in [-0.2, 0) is 38.4 Å². The van der Waals surface area contributed by atoms with Gasteiger partial charge >= 0.3 is 5.97 Å². The summed E-state index contributed by atoms with van der Waals surface area (Å²) in [6.45, 7) is 6.75. The predicted molar refractivity (Wildman–Crippen MR) is 85.3 cm³/mol. The van der Waals surface area contributed by atoms with E-state index in [4.69, 9.17) is 9.47 Å². The van der Waals surface area contributed by atoms with Crippen LogP contribution in [0, 0.1) is 0 Å². The van der Waals surface area contributed by atoms with Crippen LogP contribution in [0.5, 0.6) is 0 Å². The molecule has 0 atom stereocenters. The normalized spacial score (nSPS) is 18.3. The molecule has 3 heterocycles. The number of esters is 1. The van der Waals surface area contributed by atoms with Gasteiger partial charge in [0.15, 0.2) is 0 Å². The highest BCUT2D eigenvalue weighted by atomic mass is 16.5. The van der Waals surface area contributed by atoms with E-state index in [0.717, 1.165) is 24.5 Å². The third-order valence-electron chi connectivity index (χ3n) is 4.31. The number of nitrogens with zero attached hydrogens (tertiary/aromatic N) is 3. The molecule has 0 aromatic carbocycles. The van der Waals surface area contributed by atoms with Gasteiger partial charge < -0.3 is 19.4 Å². The first-order chi connectivity index (χ1) is 11.7. The lowest BCUT2D eigenvalue weighted by Crippen LogP contribution is -2.46. The average molecular weight is 336 g/mol. The number of H-pyrrole nitrogens is 1. The van der Waals surface area contributed by atoms with E-state index in [1.807, 2.05) is 4.90 Å². The van der Waals surface area contributed by atoms with Crippen LogP contribution >= 0.6 is 0 Å². The van der Waals surface area contributed by atoms with Crippen molar-refractivity contribution >= 4 is 11.9 Å². The summed E-state index contributed by atoms with van der Waals surface area (Å²) in [6, 6.07) is 0. The maximum atomic E-state index is 12.5. The zero-order chi connectivity index (χ0) is 16.9. The second kappa shape index (κ2) is 7.76. The van der Waals surface area contributed by atoms with Gasteiger partial charge in [0.1, 0.15) is 12.2 Å². The first kappa shape index (κ1) is 16.9. The van der Waals surface area contributed by atoms with Crippen LogP contribution in [0.25, 0.3) is 0 Å². The molecule has 2 aliphatic rings. The van der Waals surface area contributed by atoms with Gasteiger partial charge in [-0.1, -0.05) is 0 Å². The molecule has 1 fully saturated rings. The molecule has 2 aliphatic heterocycles. The van der Waals surface area contributed by atoms with E-state index in [0.29, 0.717) is 51.7 Å². The number of hydrogen-bond donors (Lipinski definition) is 1. The third-order valence-corrected chi connectivity index (χ3v) is 4.31. The minimum atomic E-state index is -0.288. The molecule has 0 aliphatic carbocycles. The summed E-state index contributed by atoms with van der Waals surface area (Å²) in [5.74, 6) is 0.453. The van der Waals surface area contributed by atoms with Crippen LogP contribution in [-0.4, -0.2) is 77.6 Å². The van der Waals surface area contributed by atoms with E-state index in [1.165, 1.54) is 0 Å². The van der Waals surface area contributed by atoms with Crippen LogP contribution in [0.15, 0.2) is 0 Å². The Kier molecular flexibility index (Phi) is 5.47. The standard InChI is InChI=1S/C16H24N4O4/c1-2-24-16(22)9-14-17-12-3-4-20(10-13(12)18-14)15(21)11-19-5-7-23-8-6-19/h2-11H2,1H3,(H,17,18). The van der Waals surface area contributed by atoms with Gasteiger partial charge in [0.2, 0.25) is 5.91 Å². The first-order valence-corrected chi connectivity index (χ1v) is 8.46. The lowest BCUT2D eigenvalue weighted by molar-refractivity contribution is -0.142. The van der Waals surface area contributed by atoms with Gasteiger partial charge in [-0.05, 0) is 6.92 Å². The molecule has 1 aromatic rings. The molecule has 0 spiro atoms. The van der Waals surface area contributed by atoms with Crippen LogP contribution < -0.4 is 0 Å². The van der Waals surface area contributed by atoms with Crippen LogP contribution in [0.4, 0.5) is 0 Å². The van der Waals surface area contributed by atoms with Crippen LogP contribution in [0.1, 0.15) is 24.1 Å². The molecule has 0 unspecified atom stereocenters. The Morgan fingerprint density at radius 3 is 2.83 bits per heavy atom. The smallest absolute Gasteiger partial charge is 0.313 e. The second-order valence-corrected chi connectivity index (χ2v) is 6.04. The van der Waals surface area contributed by atoms with Gasteiger partial charge in [0, 0.05) is 26.1 Å². The minimum absolute atomic E-state index is 0.129. The van der Waals surface area contributed by atoms with Gasteiger partial charge in [-0.25, -0.2) is 4.98 Å². The van der Waals surface area contributed by atoms with Crippen molar-refractivity contribution in [3.05, 3.63) is 17.2 Å². The maximum absolute atomic E-state index is 12.5. The average Bonchev–Trinajstić information content (AvgIpc) is 2.97. The summed E-state index contributed by atoms with van der Waals surface area (Å²) in [5.41, 5.74) is 1.88. The number of hydrogen-bond acceptors (Lipinski definition) is 6. The van der Waals surface area contributed by atoms with E-state index in [9.17, 15) is 9.59 Å². The molecule has 0 radical (unpaired) electrons. The number of amides is 1. The number of fused-ring (bicyclic) bond motifs is 1.